The fourth-order valence-corrected chi connectivity index (χ4v) is 5.53. The summed E-state index contributed by atoms with van der Waals surface area (Å²) in [7, 11) is -2.86. The maximum absolute atomic E-state index is 12.5. The monoisotopic (exact) mass is 552 g/mol. The predicted molar refractivity (Wildman–Crippen MR) is 141 cm³/mol. The van der Waals surface area contributed by atoms with E-state index in [0.29, 0.717) is 17.9 Å². The second kappa shape index (κ2) is 11.3. The molecule has 1 fully saturated rings. The minimum absolute atomic E-state index is 0.122. The van der Waals surface area contributed by atoms with Crippen LogP contribution >= 0.6 is 0 Å². The molecule has 9 nitrogen and oxygen atoms in total. The molecule has 4 rings (SSSR count). The van der Waals surface area contributed by atoms with Crippen LogP contribution in [-0.2, 0) is 16.4 Å². The summed E-state index contributed by atoms with van der Waals surface area (Å²) in [4.78, 5) is 13.4. The molecule has 38 heavy (non-hydrogen) atoms. The predicted octanol–water partition coefficient (Wildman–Crippen LogP) is 4.64. The number of methoxy groups -OCH3 is 1. The minimum Gasteiger partial charge on any atom is -0.480 e. The minimum atomic E-state index is -4.58. The first-order chi connectivity index (χ1) is 18.0. The smallest absolute Gasteiger partial charge is 0.390 e. The molecule has 0 aliphatic heterocycles. The average Bonchev–Trinajstić information content (AvgIpc) is 2.87. The van der Waals surface area contributed by atoms with E-state index in [0.717, 1.165) is 47.7 Å². The third-order valence-electron chi connectivity index (χ3n) is 6.53. The second-order valence-corrected chi connectivity index (χ2v) is 11.3. The number of anilines is 2. The zero-order chi connectivity index (χ0) is 27.5. The van der Waals surface area contributed by atoms with Crippen molar-refractivity contribution >= 4 is 32.7 Å². The van der Waals surface area contributed by atoms with Gasteiger partial charge in [0.1, 0.15) is 5.82 Å². The molecule has 0 saturated heterocycles. The summed E-state index contributed by atoms with van der Waals surface area (Å²) in [6.07, 6.45) is 0.310. The van der Waals surface area contributed by atoms with Crippen LogP contribution in [0.25, 0.3) is 22.0 Å². The van der Waals surface area contributed by atoms with Crippen molar-refractivity contribution in [2.45, 2.75) is 63.7 Å². The molecule has 0 radical (unpaired) electrons. The maximum atomic E-state index is 12.5. The van der Waals surface area contributed by atoms with Crippen molar-refractivity contribution in [1.82, 2.24) is 15.0 Å². The molecule has 0 bridgehead atoms. The Bertz CT molecular complexity index is 1390. The van der Waals surface area contributed by atoms with Crippen LogP contribution in [0.2, 0.25) is 0 Å². The number of alkyl halides is 3. The van der Waals surface area contributed by atoms with Gasteiger partial charge in [0.05, 0.1) is 24.8 Å². The molecule has 2 aromatic heterocycles. The SMILES string of the molecule is CCc1cc(-c2ccc(NS(=O)(=O)CCC(F)(F)F)nc2OC)cc2cnc(NC3CCC(N)CC3)nc12. The summed E-state index contributed by atoms with van der Waals surface area (Å²) >= 11 is 0. The third kappa shape index (κ3) is 7.01. The summed E-state index contributed by atoms with van der Waals surface area (Å²) < 4.78 is 69.0. The van der Waals surface area contributed by atoms with Crippen LogP contribution in [0.3, 0.4) is 0 Å². The first-order valence-electron chi connectivity index (χ1n) is 12.4. The number of sulfonamides is 1. The van der Waals surface area contributed by atoms with Gasteiger partial charge in [-0.3, -0.25) is 4.72 Å². The lowest BCUT2D eigenvalue weighted by Gasteiger charge is -2.26. The van der Waals surface area contributed by atoms with Crippen LogP contribution in [0, 0.1) is 0 Å². The summed E-state index contributed by atoms with van der Waals surface area (Å²) in [6, 6.07) is 7.40. The summed E-state index contributed by atoms with van der Waals surface area (Å²) in [6.45, 7) is 2.02. The van der Waals surface area contributed by atoms with E-state index in [1.807, 2.05) is 19.1 Å². The Hall–Kier alpha value is -3.19. The molecule has 1 aliphatic carbocycles. The van der Waals surface area contributed by atoms with Crippen molar-refractivity contribution in [1.29, 1.82) is 0 Å². The van der Waals surface area contributed by atoms with Crippen LogP contribution in [0.1, 0.15) is 44.6 Å². The lowest BCUT2D eigenvalue weighted by molar-refractivity contribution is -0.129. The number of rotatable bonds is 9. The molecule has 0 unspecified atom stereocenters. The van der Waals surface area contributed by atoms with Gasteiger partial charge in [0.15, 0.2) is 0 Å². The van der Waals surface area contributed by atoms with Gasteiger partial charge in [-0.25, -0.2) is 18.4 Å². The Morgan fingerprint density at radius 2 is 1.87 bits per heavy atom. The summed E-state index contributed by atoms with van der Waals surface area (Å²) in [5.74, 6) is -0.538. The standard InChI is InChI=1S/C25H31F3N6O3S/c1-3-15-12-16(13-17-14-30-24(33-22(15)17)31-19-6-4-18(29)5-7-19)20-8-9-21(32-23(20)37-2)34-38(35,36)11-10-25(26,27)28/h8-9,12-14,18-19H,3-7,10-11,29H2,1-2H3,(H,32,34)(H,30,31,33). The topological polar surface area (TPSA) is 132 Å². The van der Waals surface area contributed by atoms with Gasteiger partial charge in [-0.15, -0.1) is 0 Å². The molecule has 2 heterocycles. The molecule has 0 spiro atoms. The van der Waals surface area contributed by atoms with Gasteiger partial charge in [0, 0.05) is 29.2 Å². The molecule has 0 amide bonds. The van der Waals surface area contributed by atoms with E-state index in [1.54, 1.807) is 12.3 Å². The maximum Gasteiger partial charge on any atom is 0.390 e. The number of nitrogens with two attached hydrogens (primary N) is 1. The molecule has 1 saturated carbocycles. The highest BCUT2D eigenvalue weighted by atomic mass is 32.2. The fourth-order valence-electron chi connectivity index (χ4n) is 4.49. The largest absolute Gasteiger partial charge is 0.480 e. The lowest BCUT2D eigenvalue weighted by Crippen LogP contribution is -2.33. The molecule has 1 aromatic carbocycles. The molecule has 13 heteroatoms. The highest BCUT2D eigenvalue weighted by Crippen LogP contribution is 2.34. The Kier molecular flexibility index (Phi) is 8.26. The van der Waals surface area contributed by atoms with E-state index >= 15 is 0 Å². The van der Waals surface area contributed by atoms with Crippen LogP contribution in [0.15, 0.2) is 30.5 Å². The molecule has 206 valence electrons. The van der Waals surface area contributed by atoms with Gasteiger partial charge in [-0.2, -0.15) is 18.2 Å². The number of nitrogens with one attached hydrogen (secondary N) is 2. The van der Waals surface area contributed by atoms with Gasteiger partial charge in [0.25, 0.3) is 0 Å². The second-order valence-electron chi connectivity index (χ2n) is 9.42. The van der Waals surface area contributed by atoms with Crippen LogP contribution in [0.4, 0.5) is 24.9 Å². The van der Waals surface area contributed by atoms with Crippen molar-refractivity contribution in [3.63, 3.8) is 0 Å². The van der Waals surface area contributed by atoms with Crippen LogP contribution in [0.5, 0.6) is 5.88 Å². The van der Waals surface area contributed by atoms with Crippen molar-refractivity contribution in [2.24, 2.45) is 5.73 Å². The number of aryl methyl sites for hydroxylation is 1. The Labute approximate surface area is 219 Å². The number of hydrogen-bond donors (Lipinski definition) is 3. The summed E-state index contributed by atoms with van der Waals surface area (Å²) in [5, 5.41) is 4.24. The van der Waals surface area contributed by atoms with E-state index in [4.69, 9.17) is 15.5 Å². The molecule has 4 N–H and O–H groups in total. The number of fused-ring (bicyclic) bond motifs is 1. The van der Waals surface area contributed by atoms with Gasteiger partial charge in [-0.1, -0.05) is 6.92 Å². The highest BCUT2D eigenvalue weighted by molar-refractivity contribution is 7.92. The number of pyridine rings is 1. The Morgan fingerprint density at radius 3 is 2.53 bits per heavy atom. The van der Waals surface area contributed by atoms with Crippen molar-refractivity contribution in [3.05, 3.63) is 36.0 Å². The number of nitrogens with zero attached hydrogens (tertiary/aromatic N) is 3. The van der Waals surface area contributed by atoms with E-state index in [-0.39, 0.29) is 23.8 Å². The van der Waals surface area contributed by atoms with Crippen molar-refractivity contribution in [2.75, 3.05) is 22.9 Å². The van der Waals surface area contributed by atoms with Gasteiger partial charge >= 0.3 is 6.18 Å². The average molecular weight is 553 g/mol. The van der Waals surface area contributed by atoms with E-state index in [9.17, 15) is 21.6 Å². The number of aromatic nitrogens is 3. The Balaban J connectivity index is 1.59. The molecular formula is C25H31F3N6O3S. The van der Waals surface area contributed by atoms with E-state index in [2.05, 4.69) is 20.0 Å². The van der Waals surface area contributed by atoms with E-state index in [1.165, 1.54) is 13.2 Å². The number of hydrogen-bond acceptors (Lipinski definition) is 8. The van der Waals surface area contributed by atoms with Crippen LogP contribution < -0.4 is 20.5 Å². The zero-order valence-electron chi connectivity index (χ0n) is 21.2. The van der Waals surface area contributed by atoms with Gasteiger partial charge in [0.2, 0.25) is 21.9 Å². The van der Waals surface area contributed by atoms with E-state index < -0.39 is 28.4 Å². The first kappa shape index (κ1) is 27.8. The fraction of sp³-hybridized carbons (Fsp3) is 0.480. The quantitative estimate of drug-likeness (QED) is 0.350. The summed E-state index contributed by atoms with van der Waals surface area (Å²) in [5.41, 5.74) is 9.15. The lowest BCUT2D eigenvalue weighted by atomic mass is 9.92. The molecule has 3 aromatic rings. The van der Waals surface area contributed by atoms with Gasteiger partial charge < -0.3 is 15.8 Å². The molecular weight excluding hydrogens is 521 g/mol. The molecule has 0 atom stereocenters. The normalized spacial score (nSPS) is 18.4. The highest BCUT2D eigenvalue weighted by Gasteiger charge is 2.30. The van der Waals surface area contributed by atoms with Crippen LogP contribution in [-0.4, -0.2) is 54.5 Å². The van der Waals surface area contributed by atoms with Gasteiger partial charge in [-0.05, 0) is 67.5 Å². The first-order valence-corrected chi connectivity index (χ1v) is 14.1. The van der Waals surface area contributed by atoms with Crippen molar-refractivity contribution in [3.8, 4) is 17.0 Å². The Morgan fingerprint density at radius 1 is 1.13 bits per heavy atom. The number of halogens is 3. The zero-order valence-corrected chi connectivity index (χ0v) is 22.0. The number of benzene rings is 1. The third-order valence-corrected chi connectivity index (χ3v) is 7.79. The molecule has 1 aliphatic rings. The van der Waals surface area contributed by atoms with Crippen molar-refractivity contribution < 1.29 is 26.3 Å². The number of ether oxygens (including phenoxy) is 1.